The second-order valence-electron chi connectivity index (χ2n) is 6.10. The van der Waals surface area contributed by atoms with Crippen LogP contribution in [0.25, 0.3) is 0 Å². The molecule has 5 rings (SSSR count). The first-order chi connectivity index (χ1) is 11.2. The monoisotopic (exact) mass is 332 g/mol. The summed E-state index contributed by atoms with van der Waals surface area (Å²) in [6, 6.07) is 7.41. The fourth-order valence-electron chi connectivity index (χ4n) is 3.55. The molecule has 0 saturated heterocycles. The van der Waals surface area contributed by atoms with E-state index in [0.29, 0.717) is 5.69 Å². The molecule has 4 aliphatic rings. The number of carbonyl (C=O) groups is 2. The molecule has 1 aromatic carbocycles. The van der Waals surface area contributed by atoms with Crippen molar-refractivity contribution in [1.82, 2.24) is 10.4 Å². The standard InChI is InChI=1S/C16H17ClN4O2/c17-16-18-13-11-8-4-5-9-12(11)20(16)14(22)15(23)21(19-13)10-6-2-1-3-7-10/h4-5,8-10,13,19H,1-3,6-7H2. The van der Waals surface area contributed by atoms with E-state index in [9.17, 15) is 9.59 Å². The highest BCUT2D eigenvalue weighted by molar-refractivity contribution is 6.72. The van der Waals surface area contributed by atoms with Gasteiger partial charge >= 0.3 is 11.8 Å². The van der Waals surface area contributed by atoms with Crippen molar-refractivity contribution >= 4 is 34.4 Å². The number of hydrogen-bond acceptors (Lipinski definition) is 4. The number of amidine groups is 1. The summed E-state index contributed by atoms with van der Waals surface area (Å²) >= 11 is 6.16. The van der Waals surface area contributed by atoms with Crippen LogP contribution in [0.1, 0.15) is 43.8 Å². The van der Waals surface area contributed by atoms with Crippen LogP contribution in [0.15, 0.2) is 29.3 Å². The zero-order chi connectivity index (χ0) is 16.0. The predicted octanol–water partition coefficient (Wildman–Crippen LogP) is 2.31. The van der Waals surface area contributed by atoms with Crippen LogP contribution in [0.3, 0.4) is 0 Å². The van der Waals surface area contributed by atoms with Gasteiger partial charge in [0.05, 0.1) is 5.69 Å². The van der Waals surface area contributed by atoms with Gasteiger partial charge < -0.3 is 0 Å². The molecule has 1 atom stereocenters. The largest absolute Gasteiger partial charge is 0.327 e. The quantitative estimate of drug-likeness (QED) is 0.634. The zero-order valence-corrected chi connectivity index (χ0v) is 13.3. The lowest BCUT2D eigenvalue weighted by Crippen LogP contribution is -2.60. The van der Waals surface area contributed by atoms with E-state index in [-0.39, 0.29) is 11.3 Å². The van der Waals surface area contributed by atoms with Gasteiger partial charge in [-0.1, -0.05) is 37.5 Å². The van der Waals surface area contributed by atoms with E-state index in [1.165, 1.54) is 16.3 Å². The van der Waals surface area contributed by atoms with Crippen molar-refractivity contribution in [3.05, 3.63) is 29.8 Å². The van der Waals surface area contributed by atoms with Gasteiger partial charge in [0.2, 0.25) is 5.29 Å². The third-order valence-electron chi connectivity index (χ3n) is 4.70. The molecule has 1 fully saturated rings. The van der Waals surface area contributed by atoms with Crippen molar-refractivity contribution in [2.24, 2.45) is 4.99 Å². The molecule has 1 N–H and O–H groups in total. The van der Waals surface area contributed by atoms with Crippen LogP contribution in [-0.2, 0) is 9.59 Å². The molecule has 0 aromatic heterocycles. The summed E-state index contributed by atoms with van der Waals surface area (Å²) in [6.45, 7) is 0. The number of anilines is 1. The molecule has 3 heterocycles. The van der Waals surface area contributed by atoms with Gasteiger partial charge in [0.1, 0.15) is 6.17 Å². The molecule has 2 bridgehead atoms. The Morgan fingerprint density at radius 2 is 1.83 bits per heavy atom. The van der Waals surface area contributed by atoms with Gasteiger partial charge in [-0.25, -0.2) is 15.3 Å². The number of nitrogens with one attached hydrogen (secondary N) is 1. The topological polar surface area (TPSA) is 65.0 Å². The molecule has 23 heavy (non-hydrogen) atoms. The zero-order valence-electron chi connectivity index (χ0n) is 12.5. The van der Waals surface area contributed by atoms with Crippen LogP contribution in [-0.4, -0.2) is 28.2 Å². The number of benzene rings is 1. The molecule has 3 aliphatic heterocycles. The maximum atomic E-state index is 12.7. The van der Waals surface area contributed by atoms with Gasteiger partial charge in [0, 0.05) is 11.6 Å². The Hall–Kier alpha value is -1.92. The second-order valence-corrected chi connectivity index (χ2v) is 6.43. The number of hydrogen-bond donors (Lipinski definition) is 1. The highest BCUT2D eigenvalue weighted by atomic mass is 35.5. The molecule has 7 heteroatoms. The lowest BCUT2D eigenvalue weighted by Gasteiger charge is -2.41. The average molecular weight is 333 g/mol. The highest BCUT2D eigenvalue weighted by Crippen LogP contribution is 2.36. The molecule has 1 aromatic rings. The van der Waals surface area contributed by atoms with Crippen molar-refractivity contribution in [3.63, 3.8) is 0 Å². The molecule has 1 unspecified atom stereocenters. The van der Waals surface area contributed by atoms with Crippen LogP contribution in [0.4, 0.5) is 5.69 Å². The summed E-state index contributed by atoms with van der Waals surface area (Å²) in [4.78, 5) is 31.0. The van der Waals surface area contributed by atoms with E-state index in [2.05, 4.69) is 10.4 Å². The molecular weight excluding hydrogens is 316 g/mol. The third-order valence-corrected chi connectivity index (χ3v) is 4.97. The van der Waals surface area contributed by atoms with E-state index < -0.39 is 18.0 Å². The number of hydrazine groups is 1. The van der Waals surface area contributed by atoms with Crippen molar-refractivity contribution in [2.45, 2.75) is 44.3 Å². The van der Waals surface area contributed by atoms with Crippen molar-refractivity contribution < 1.29 is 9.59 Å². The van der Waals surface area contributed by atoms with E-state index >= 15 is 0 Å². The summed E-state index contributed by atoms with van der Waals surface area (Å²) in [5, 5.41) is 1.52. The fourth-order valence-corrected chi connectivity index (χ4v) is 3.81. The van der Waals surface area contributed by atoms with Crippen LogP contribution in [0.5, 0.6) is 0 Å². The number of halogens is 1. The molecular formula is C16H17ClN4O2. The van der Waals surface area contributed by atoms with Crippen molar-refractivity contribution in [2.75, 3.05) is 4.90 Å². The molecule has 0 radical (unpaired) electrons. The van der Waals surface area contributed by atoms with Crippen LogP contribution >= 0.6 is 11.6 Å². The first-order valence-corrected chi connectivity index (χ1v) is 8.30. The lowest BCUT2D eigenvalue weighted by molar-refractivity contribution is -0.150. The highest BCUT2D eigenvalue weighted by Gasteiger charge is 2.42. The minimum absolute atomic E-state index is 0.0295. The van der Waals surface area contributed by atoms with Crippen molar-refractivity contribution in [1.29, 1.82) is 0 Å². The maximum absolute atomic E-state index is 12.7. The smallest absolute Gasteiger partial charge is 0.264 e. The Bertz CT molecular complexity index is 699. The van der Waals surface area contributed by atoms with Crippen LogP contribution in [0, 0.1) is 0 Å². The summed E-state index contributed by atoms with van der Waals surface area (Å²) in [6.07, 6.45) is 4.66. The first kappa shape index (κ1) is 14.7. The van der Waals surface area contributed by atoms with Crippen molar-refractivity contribution in [3.8, 4) is 0 Å². The molecule has 120 valence electrons. The summed E-state index contributed by atoms with van der Waals surface area (Å²) in [5.74, 6) is -1.23. The summed E-state index contributed by atoms with van der Waals surface area (Å²) < 4.78 is 0. The third kappa shape index (κ3) is 2.33. The van der Waals surface area contributed by atoms with Gasteiger partial charge in [-0.15, -0.1) is 0 Å². The van der Waals surface area contributed by atoms with E-state index in [1.807, 2.05) is 18.2 Å². The Morgan fingerprint density at radius 3 is 2.61 bits per heavy atom. The Kier molecular flexibility index (Phi) is 3.58. The molecule has 1 saturated carbocycles. The molecule has 6 nitrogen and oxygen atoms in total. The maximum Gasteiger partial charge on any atom is 0.327 e. The number of amides is 2. The van der Waals surface area contributed by atoms with Gasteiger partial charge in [-0.3, -0.25) is 14.6 Å². The normalized spacial score (nSPS) is 25.1. The number of fused-ring (bicyclic) bond motifs is 3. The van der Waals surface area contributed by atoms with E-state index in [4.69, 9.17) is 11.6 Å². The predicted molar refractivity (Wildman–Crippen MR) is 86.8 cm³/mol. The van der Waals surface area contributed by atoms with Crippen LogP contribution in [0.2, 0.25) is 0 Å². The summed E-state index contributed by atoms with van der Waals surface area (Å²) in [7, 11) is 0. The number of carbonyl (C=O) groups excluding carboxylic acids is 2. The molecule has 2 amide bonds. The SMILES string of the molecule is O=C1C(=O)N(C2CCCCC2)NC2N=C(Cl)N1c1ccccc12. The van der Waals surface area contributed by atoms with E-state index in [1.54, 1.807) is 6.07 Å². The Labute approximate surface area is 139 Å². The minimum Gasteiger partial charge on any atom is -0.264 e. The molecule has 1 aliphatic carbocycles. The summed E-state index contributed by atoms with van der Waals surface area (Å²) in [5.41, 5.74) is 4.61. The van der Waals surface area contributed by atoms with Crippen LogP contribution < -0.4 is 10.3 Å². The number of nitrogens with zero attached hydrogens (tertiary/aromatic N) is 3. The number of aliphatic imine (C=N–C) groups is 1. The Morgan fingerprint density at radius 1 is 1.09 bits per heavy atom. The fraction of sp³-hybridized carbons (Fsp3) is 0.438. The molecule has 0 spiro atoms. The van der Waals surface area contributed by atoms with Gasteiger partial charge in [-0.05, 0) is 30.5 Å². The number of para-hydroxylation sites is 1. The average Bonchev–Trinajstić information content (AvgIpc) is 2.58. The Balaban J connectivity index is 1.78. The van der Waals surface area contributed by atoms with Gasteiger partial charge in [0.15, 0.2) is 0 Å². The first-order valence-electron chi connectivity index (χ1n) is 7.93. The van der Waals surface area contributed by atoms with Gasteiger partial charge in [0.25, 0.3) is 0 Å². The second kappa shape index (κ2) is 5.62. The van der Waals surface area contributed by atoms with Gasteiger partial charge in [-0.2, -0.15) is 0 Å². The van der Waals surface area contributed by atoms with E-state index in [0.717, 1.165) is 31.2 Å². The lowest BCUT2D eigenvalue weighted by atomic mass is 9.94. The minimum atomic E-state index is -0.664. The number of rotatable bonds is 1.